The zero-order chi connectivity index (χ0) is 29.8. The molecule has 220 valence electrons. The summed E-state index contributed by atoms with van der Waals surface area (Å²) in [6.45, 7) is 8.67. The van der Waals surface area contributed by atoms with E-state index in [2.05, 4.69) is 86.2 Å². The van der Waals surface area contributed by atoms with Crippen molar-refractivity contribution < 1.29 is 14.3 Å². The Morgan fingerprint density at radius 2 is 0.976 bits per heavy atom. The molecule has 0 atom stereocenters. The molecular formula is C37H44N2O3. The van der Waals surface area contributed by atoms with Gasteiger partial charge in [0.2, 0.25) is 11.8 Å². The zero-order valence-corrected chi connectivity index (χ0v) is 25.5. The number of carbonyl (C=O) groups excluding carboxylic acids is 1. The van der Waals surface area contributed by atoms with Crippen molar-refractivity contribution in [1.29, 1.82) is 0 Å². The van der Waals surface area contributed by atoms with Gasteiger partial charge in [0.05, 0.1) is 0 Å². The van der Waals surface area contributed by atoms with Gasteiger partial charge in [-0.25, -0.2) is 14.8 Å². The van der Waals surface area contributed by atoms with Gasteiger partial charge in [-0.3, -0.25) is 0 Å². The van der Waals surface area contributed by atoms with Crippen molar-refractivity contribution in [1.82, 2.24) is 9.97 Å². The minimum Gasteiger partial charge on any atom is -0.375 e. The monoisotopic (exact) mass is 564 g/mol. The summed E-state index contributed by atoms with van der Waals surface area (Å²) in [6, 6.07) is 28.8. The smallest absolute Gasteiger partial charge is 0.375 e. The number of aryl methyl sites for hydroxylation is 2. The van der Waals surface area contributed by atoms with Crippen LogP contribution in [0, 0.1) is 0 Å². The first-order valence-electron chi connectivity index (χ1n) is 15.1. The van der Waals surface area contributed by atoms with Crippen molar-refractivity contribution in [2.24, 2.45) is 0 Å². The summed E-state index contributed by atoms with van der Waals surface area (Å²) in [5.74, 6) is 0.571. The summed E-state index contributed by atoms with van der Waals surface area (Å²) in [7, 11) is 0. The summed E-state index contributed by atoms with van der Waals surface area (Å²) in [6.07, 6.45) is 10.7. The molecule has 4 rings (SSSR count). The molecule has 0 aliphatic rings. The van der Waals surface area contributed by atoms with E-state index >= 15 is 0 Å². The fourth-order valence-corrected chi connectivity index (χ4v) is 5.50. The Morgan fingerprint density at radius 3 is 1.38 bits per heavy atom. The van der Waals surface area contributed by atoms with Gasteiger partial charge in [-0.2, -0.15) is 0 Å². The molecule has 2 aromatic carbocycles. The second-order valence-electron chi connectivity index (χ2n) is 12.3. The Labute approximate surface area is 251 Å². The molecule has 0 radical (unpaired) electrons. The predicted molar refractivity (Wildman–Crippen MR) is 169 cm³/mol. The van der Waals surface area contributed by atoms with Gasteiger partial charge in [-0.1, -0.05) is 113 Å². The maximum Gasteiger partial charge on any atom is 0.522 e. The highest BCUT2D eigenvalue weighted by Crippen LogP contribution is 2.36. The third-order valence-corrected chi connectivity index (χ3v) is 8.08. The SMILES string of the molecule is CC(C)(CCCCc1ccccc1)c1cccnc1OC(=O)Oc1ncccc1C(C)(C)CCCCc1ccccc1. The van der Waals surface area contributed by atoms with Crippen LogP contribution in [0.4, 0.5) is 4.79 Å². The van der Waals surface area contributed by atoms with E-state index in [1.165, 1.54) is 11.1 Å². The maximum atomic E-state index is 13.1. The van der Waals surface area contributed by atoms with Gasteiger partial charge >= 0.3 is 6.16 Å². The number of unbranched alkanes of at least 4 members (excludes halogenated alkanes) is 2. The number of hydrogen-bond donors (Lipinski definition) is 0. The van der Waals surface area contributed by atoms with Gasteiger partial charge in [-0.05, 0) is 72.6 Å². The van der Waals surface area contributed by atoms with Crippen LogP contribution >= 0.6 is 0 Å². The number of ether oxygens (including phenoxy) is 2. The second-order valence-corrected chi connectivity index (χ2v) is 12.3. The van der Waals surface area contributed by atoms with Gasteiger partial charge in [0, 0.05) is 23.5 Å². The van der Waals surface area contributed by atoms with Crippen LogP contribution < -0.4 is 9.47 Å². The van der Waals surface area contributed by atoms with Crippen molar-refractivity contribution in [3.05, 3.63) is 120 Å². The highest BCUT2D eigenvalue weighted by molar-refractivity contribution is 5.67. The highest BCUT2D eigenvalue weighted by atomic mass is 16.7. The second kappa shape index (κ2) is 14.8. The van der Waals surface area contributed by atoms with Crippen LogP contribution in [0.25, 0.3) is 0 Å². The van der Waals surface area contributed by atoms with Crippen molar-refractivity contribution in [2.45, 2.75) is 89.9 Å². The quantitative estimate of drug-likeness (QED) is 0.113. The lowest BCUT2D eigenvalue weighted by molar-refractivity contribution is 0.145. The van der Waals surface area contributed by atoms with E-state index in [0.717, 1.165) is 62.5 Å². The molecule has 2 aromatic heterocycles. The van der Waals surface area contributed by atoms with Crippen LogP contribution in [0.2, 0.25) is 0 Å². The minimum absolute atomic E-state index is 0.224. The van der Waals surface area contributed by atoms with Gasteiger partial charge in [0.25, 0.3) is 0 Å². The number of rotatable bonds is 14. The number of pyridine rings is 2. The molecule has 0 saturated heterocycles. The minimum atomic E-state index is -0.824. The average molecular weight is 565 g/mol. The lowest BCUT2D eigenvalue weighted by Gasteiger charge is -2.27. The third kappa shape index (κ3) is 9.01. The molecule has 0 saturated carbocycles. The molecule has 0 fully saturated rings. The molecule has 0 aliphatic heterocycles. The van der Waals surface area contributed by atoms with Crippen molar-refractivity contribution in [2.75, 3.05) is 0 Å². The van der Waals surface area contributed by atoms with E-state index in [-0.39, 0.29) is 22.6 Å². The Morgan fingerprint density at radius 1 is 0.571 bits per heavy atom. The van der Waals surface area contributed by atoms with Crippen LogP contribution in [-0.2, 0) is 23.7 Å². The first kappa shape index (κ1) is 31.0. The number of nitrogens with zero attached hydrogens (tertiary/aromatic N) is 2. The molecule has 0 bridgehead atoms. The lowest BCUT2D eigenvalue weighted by Crippen LogP contribution is -2.24. The predicted octanol–water partition coefficient (Wildman–Crippen LogP) is 9.44. The maximum absolute atomic E-state index is 13.1. The normalized spacial score (nSPS) is 11.7. The molecule has 0 spiro atoms. The lowest BCUT2D eigenvalue weighted by atomic mass is 9.80. The summed E-state index contributed by atoms with van der Waals surface area (Å²) in [5.41, 5.74) is 4.04. The average Bonchev–Trinajstić information content (AvgIpc) is 2.99. The van der Waals surface area contributed by atoms with E-state index < -0.39 is 6.16 Å². The van der Waals surface area contributed by atoms with Gasteiger partial charge in [-0.15, -0.1) is 0 Å². The number of carbonyl (C=O) groups is 1. The summed E-state index contributed by atoms with van der Waals surface area (Å²) < 4.78 is 11.4. The number of aromatic nitrogens is 2. The first-order valence-corrected chi connectivity index (χ1v) is 15.1. The molecule has 5 nitrogen and oxygen atoms in total. The van der Waals surface area contributed by atoms with Crippen LogP contribution in [0.15, 0.2) is 97.3 Å². The molecule has 4 aromatic rings. The Bertz CT molecular complexity index is 1290. The topological polar surface area (TPSA) is 61.3 Å². The largest absolute Gasteiger partial charge is 0.522 e. The van der Waals surface area contributed by atoms with Crippen LogP contribution in [0.3, 0.4) is 0 Å². The summed E-state index contributed by atoms with van der Waals surface area (Å²) in [4.78, 5) is 21.9. The first-order chi connectivity index (χ1) is 20.2. The Balaban J connectivity index is 1.35. The third-order valence-electron chi connectivity index (χ3n) is 8.08. The molecule has 0 amide bonds. The summed E-state index contributed by atoms with van der Waals surface area (Å²) >= 11 is 0. The van der Waals surface area contributed by atoms with E-state index in [4.69, 9.17) is 9.47 Å². The van der Waals surface area contributed by atoms with Crippen LogP contribution in [0.5, 0.6) is 11.8 Å². The molecule has 0 N–H and O–H groups in total. The van der Waals surface area contributed by atoms with E-state index in [1.54, 1.807) is 12.4 Å². The zero-order valence-electron chi connectivity index (χ0n) is 25.5. The van der Waals surface area contributed by atoms with Crippen molar-refractivity contribution in [3.8, 4) is 11.8 Å². The molecular weight excluding hydrogens is 520 g/mol. The van der Waals surface area contributed by atoms with Gasteiger partial charge in [0.1, 0.15) is 0 Å². The van der Waals surface area contributed by atoms with Crippen molar-refractivity contribution in [3.63, 3.8) is 0 Å². The molecule has 5 heteroatoms. The molecule has 42 heavy (non-hydrogen) atoms. The van der Waals surface area contributed by atoms with E-state index in [1.807, 2.05) is 36.4 Å². The van der Waals surface area contributed by atoms with Crippen LogP contribution in [-0.4, -0.2) is 16.1 Å². The Kier molecular flexibility index (Phi) is 10.9. The van der Waals surface area contributed by atoms with Crippen LogP contribution in [0.1, 0.15) is 88.5 Å². The Hall–Kier alpha value is -3.99. The van der Waals surface area contributed by atoms with E-state index in [0.29, 0.717) is 0 Å². The fourth-order valence-electron chi connectivity index (χ4n) is 5.50. The highest BCUT2D eigenvalue weighted by Gasteiger charge is 2.29. The molecule has 2 heterocycles. The standard InChI is InChI=1S/C37H44N2O3/c1-36(2,25-13-11-21-29-17-7-5-8-18-29)31-23-15-27-38-33(31)41-35(40)42-34-32(24-16-28-39-34)37(3,4)26-14-12-22-30-19-9-6-10-20-30/h5-10,15-20,23-24,27-28H,11-14,21-22,25-26H2,1-4H3. The van der Waals surface area contributed by atoms with Crippen molar-refractivity contribution >= 4 is 6.16 Å². The number of hydrogen-bond acceptors (Lipinski definition) is 5. The van der Waals surface area contributed by atoms with Gasteiger partial charge < -0.3 is 9.47 Å². The summed E-state index contributed by atoms with van der Waals surface area (Å²) in [5, 5.41) is 0. The molecule has 0 aliphatic carbocycles. The fraction of sp³-hybridized carbons (Fsp3) is 0.378. The van der Waals surface area contributed by atoms with Gasteiger partial charge in [0.15, 0.2) is 0 Å². The molecule has 0 unspecified atom stereocenters. The van der Waals surface area contributed by atoms with E-state index in [9.17, 15) is 4.79 Å². The number of benzene rings is 2.